The lowest BCUT2D eigenvalue weighted by molar-refractivity contribution is 0.501. The van der Waals surface area contributed by atoms with E-state index in [-0.39, 0.29) is 5.54 Å². The molecule has 0 heterocycles. The number of sulfonamides is 1. The van der Waals surface area contributed by atoms with Gasteiger partial charge in [-0.1, -0.05) is 0 Å². The summed E-state index contributed by atoms with van der Waals surface area (Å²) in [5, 5.41) is 6.31. The number of nitrogens with one attached hydrogen (secondary N) is 3. The smallest absolute Gasteiger partial charge is 0.208 e. The van der Waals surface area contributed by atoms with Crippen LogP contribution in [0.2, 0.25) is 0 Å². The monoisotopic (exact) mass is 264 g/mol. The van der Waals surface area contributed by atoms with Crippen molar-refractivity contribution in [3.8, 4) is 0 Å². The molecule has 0 saturated heterocycles. The van der Waals surface area contributed by atoms with Gasteiger partial charge in [0.15, 0.2) is 5.96 Å². The number of rotatable bonds is 5. The normalized spacial score (nSPS) is 13.6. The fraction of sp³-hybridized carbons (Fsp3) is 0.900. The molecule has 0 aliphatic rings. The number of hydrogen-bond donors (Lipinski definition) is 3. The molecular weight excluding hydrogens is 240 g/mol. The van der Waals surface area contributed by atoms with Crippen LogP contribution in [-0.4, -0.2) is 45.8 Å². The summed E-state index contributed by atoms with van der Waals surface area (Å²) < 4.78 is 24.1. The zero-order chi connectivity index (χ0) is 13.5. The number of guanidine groups is 1. The Morgan fingerprint density at radius 2 is 1.88 bits per heavy atom. The van der Waals surface area contributed by atoms with Crippen molar-refractivity contribution in [3.05, 3.63) is 0 Å². The van der Waals surface area contributed by atoms with Gasteiger partial charge in [-0.15, -0.1) is 0 Å². The Kier molecular flexibility index (Phi) is 6.48. The van der Waals surface area contributed by atoms with E-state index in [1.54, 1.807) is 0 Å². The molecule has 0 aliphatic carbocycles. The summed E-state index contributed by atoms with van der Waals surface area (Å²) in [4.78, 5) is 4.27. The summed E-state index contributed by atoms with van der Waals surface area (Å²) in [6, 6.07) is 0. The minimum absolute atomic E-state index is 0.0781. The topological polar surface area (TPSA) is 82.6 Å². The summed E-state index contributed by atoms with van der Waals surface area (Å²) in [5.74, 6) is 0.690. The number of nitrogens with zero attached hydrogens (tertiary/aromatic N) is 1. The quantitative estimate of drug-likeness (QED) is 0.367. The van der Waals surface area contributed by atoms with Crippen molar-refractivity contribution in [1.29, 1.82) is 0 Å². The second kappa shape index (κ2) is 6.80. The van der Waals surface area contributed by atoms with Crippen molar-refractivity contribution in [2.75, 3.05) is 25.9 Å². The maximum absolute atomic E-state index is 10.8. The molecule has 0 fully saturated rings. The van der Waals surface area contributed by atoms with Gasteiger partial charge < -0.3 is 10.6 Å². The summed E-state index contributed by atoms with van der Waals surface area (Å²) in [7, 11) is -3.13. The predicted molar refractivity (Wildman–Crippen MR) is 71.7 cm³/mol. The molecular formula is C10H24N4O2S. The van der Waals surface area contributed by atoms with Crippen LogP contribution in [0.4, 0.5) is 0 Å². The van der Waals surface area contributed by atoms with E-state index in [0.717, 1.165) is 12.8 Å². The second-order valence-electron chi connectivity index (χ2n) is 4.80. The Morgan fingerprint density at radius 3 is 2.29 bits per heavy atom. The van der Waals surface area contributed by atoms with Crippen molar-refractivity contribution in [3.63, 3.8) is 0 Å². The SMILES string of the molecule is CCNC(=NCCNS(C)(=O)=O)NC(C)(C)C. The molecule has 102 valence electrons. The van der Waals surface area contributed by atoms with Crippen LogP contribution >= 0.6 is 0 Å². The minimum atomic E-state index is -3.13. The van der Waals surface area contributed by atoms with Crippen LogP contribution < -0.4 is 15.4 Å². The van der Waals surface area contributed by atoms with E-state index in [9.17, 15) is 8.42 Å². The van der Waals surface area contributed by atoms with Gasteiger partial charge in [-0.2, -0.15) is 0 Å². The summed E-state index contributed by atoms with van der Waals surface area (Å²) >= 11 is 0. The van der Waals surface area contributed by atoms with Gasteiger partial charge in [0.2, 0.25) is 10.0 Å². The highest BCUT2D eigenvalue weighted by Gasteiger charge is 2.11. The van der Waals surface area contributed by atoms with Gasteiger partial charge in [0.1, 0.15) is 0 Å². The third-order valence-electron chi connectivity index (χ3n) is 1.58. The standard InChI is InChI=1S/C10H24N4O2S/c1-6-11-9(14-10(2,3)4)12-7-8-13-17(5,15)16/h13H,6-8H2,1-5H3,(H2,11,12,14). The van der Waals surface area contributed by atoms with E-state index >= 15 is 0 Å². The summed E-state index contributed by atoms with van der Waals surface area (Å²) in [6.45, 7) is 9.56. The van der Waals surface area contributed by atoms with Crippen molar-refractivity contribution in [1.82, 2.24) is 15.4 Å². The van der Waals surface area contributed by atoms with E-state index in [1.807, 2.05) is 27.7 Å². The largest absolute Gasteiger partial charge is 0.357 e. The molecule has 0 rings (SSSR count). The highest BCUT2D eigenvalue weighted by atomic mass is 32.2. The van der Waals surface area contributed by atoms with Crippen molar-refractivity contribution in [2.45, 2.75) is 33.2 Å². The lowest BCUT2D eigenvalue weighted by Crippen LogP contribution is -2.47. The van der Waals surface area contributed by atoms with Crippen LogP contribution in [0, 0.1) is 0 Å². The Balaban J connectivity index is 4.22. The first-order valence-electron chi connectivity index (χ1n) is 5.65. The highest BCUT2D eigenvalue weighted by molar-refractivity contribution is 7.88. The number of aliphatic imine (C=N–C) groups is 1. The highest BCUT2D eigenvalue weighted by Crippen LogP contribution is 1.97. The fourth-order valence-corrected chi connectivity index (χ4v) is 1.52. The summed E-state index contributed by atoms with van der Waals surface area (Å²) in [5.41, 5.74) is -0.0781. The molecule has 0 bridgehead atoms. The molecule has 0 saturated carbocycles. The van der Waals surface area contributed by atoms with Gasteiger partial charge in [-0.05, 0) is 27.7 Å². The third-order valence-corrected chi connectivity index (χ3v) is 2.31. The van der Waals surface area contributed by atoms with Crippen LogP contribution in [0.15, 0.2) is 4.99 Å². The van der Waals surface area contributed by atoms with E-state index < -0.39 is 10.0 Å². The molecule has 0 aliphatic heterocycles. The molecule has 0 aromatic rings. The van der Waals surface area contributed by atoms with Crippen molar-refractivity contribution in [2.24, 2.45) is 4.99 Å². The van der Waals surface area contributed by atoms with E-state index in [1.165, 1.54) is 0 Å². The Hall–Kier alpha value is -0.820. The average molecular weight is 264 g/mol. The first kappa shape index (κ1) is 16.2. The predicted octanol–water partition coefficient (Wildman–Crippen LogP) is -0.111. The van der Waals surface area contributed by atoms with Crippen LogP contribution in [0.3, 0.4) is 0 Å². The van der Waals surface area contributed by atoms with Crippen LogP contribution in [0.25, 0.3) is 0 Å². The molecule has 0 aromatic carbocycles. The average Bonchev–Trinajstić information content (AvgIpc) is 2.08. The molecule has 0 radical (unpaired) electrons. The molecule has 0 unspecified atom stereocenters. The zero-order valence-electron chi connectivity index (χ0n) is 11.3. The maximum Gasteiger partial charge on any atom is 0.208 e. The van der Waals surface area contributed by atoms with Gasteiger partial charge in [0, 0.05) is 18.6 Å². The first-order valence-corrected chi connectivity index (χ1v) is 7.54. The molecule has 0 amide bonds. The Labute approximate surface area is 104 Å². The van der Waals surface area contributed by atoms with E-state index in [0.29, 0.717) is 19.0 Å². The van der Waals surface area contributed by atoms with Crippen molar-refractivity contribution < 1.29 is 8.42 Å². The summed E-state index contributed by atoms with van der Waals surface area (Å²) in [6.07, 6.45) is 1.13. The van der Waals surface area contributed by atoms with E-state index in [4.69, 9.17) is 0 Å². The zero-order valence-corrected chi connectivity index (χ0v) is 12.1. The Bertz CT molecular complexity index is 344. The van der Waals surface area contributed by atoms with Gasteiger partial charge in [-0.3, -0.25) is 4.99 Å². The third kappa shape index (κ3) is 11.4. The molecule has 3 N–H and O–H groups in total. The van der Waals surface area contributed by atoms with E-state index in [2.05, 4.69) is 20.3 Å². The fourth-order valence-electron chi connectivity index (χ4n) is 1.06. The van der Waals surface area contributed by atoms with Gasteiger partial charge in [0.25, 0.3) is 0 Å². The van der Waals surface area contributed by atoms with Crippen LogP contribution in [0.1, 0.15) is 27.7 Å². The first-order chi connectivity index (χ1) is 7.64. The lowest BCUT2D eigenvalue weighted by atomic mass is 10.1. The van der Waals surface area contributed by atoms with Crippen LogP contribution in [0.5, 0.6) is 0 Å². The second-order valence-corrected chi connectivity index (χ2v) is 6.64. The Morgan fingerprint density at radius 1 is 1.29 bits per heavy atom. The van der Waals surface area contributed by atoms with Gasteiger partial charge >= 0.3 is 0 Å². The lowest BCUT2D eigenvalue weighted by Gasteiger charge is -2.23. The van der Waals surface area contributed by atoms with Gasteiger partial charge in [0.05, 0.1) is 12.8 Å². The molecule has 7 heteroatoms. The molecule has 17 heavy (non-hydrogen) atoms. The number of hydrogen-bond acceptors (Lipinski definition) is 3. The maximum atomic E-state index is 10.8. The molecule has 0 aromatic heterocycles. The van der Waals surface area contributed by atoms with Crippen molar-refractivity contribution >= 4 is 16.0 Å². The molecule has 6 nitrogen and oxygen atoms in total. The molecule has 0 spiro atoms. The van der Waals surface area contributed by atoms with Crippen LogP contribution in [-0.2, 0) is 10.0 Å². The minimum Gasteiger partial charge on any atom is -0.357 e. The molecule has 0 atom stereocenters. The van der Waals surface area contributed by atoms with Gasteiger partial charge in [-0.25, -0.2) is 13.1 Å².